The van der Waals surface area contributed by atoms with Crippen LogP contribution in [0.25, 0.3) is 17.0 Å². The van der Waals surface area contributed by atoms with Crippen molar-refractivity contribution in [3.05, 3.63) is 71.5 Å². The minimum Gasteiger partial charge on any atom is -0.475 e. The normalized spacial score (nSPS) is 11.2. The monoisotopic (exact) mass is 307 g/mol. The number of aryl methyl sites for hydroxylation is 1. The van der Waals surface area contributed by atoms with Crippen LogP contribution >= 0.6 is 0 Å². The van der Waals surface area contributed by atoms with E-state index in [4.69, 9.17) is 9.52 Å². The number of aromatic carboxylic acids is 1. The predicted molar refractivity (Wildman–Crippen MR) is 91.9 cm³/mol. The zero-order valence-electron chi connectivity index (χ0n) is 12.7. The third kappa shape index (κ3) is 3.26. The number of rotatable bonds is 5. The summed E-state index contributed by atoms with van der Waals surface area (Å²) in [6.07, 6.45) is 4.10. The Hall–Kier alpha value is -3.01. The minimum absolute atomic E-state index is 0.00104. The Balaban J connectivity index is 1.72. The molecule has 0 bridgehead atoms. The summed E-state index contributed by atoms with van der Waals surface area (Å²) < 4.78 is 5.36. The van der Waals surface area contributed by atoms with Gasteiger partial charge in [0, 0.05) is 23.2 Å². The molecule has 0 spiro atoms. The summed E-state index contributed by atoms with van der Waals surface area (Å²) in [6, 6.07) is 15.7. The van der Waals surface area contributed by atoms with Crippen LogP contribution in [0.5, 0.6) is 0 Å². The summed E-state index contributed by atoms with van der Waals surface area (Å²) in [6.45, 7) is 2.44. The van der Waals surface area contributed by atoms with Gasteiger partial charge in [0.2, 0.25) is 5.76 Å². The van der Waals surface area contributed by atoms with Crippen LogP contribution in [0.2, 0.25) is 0 Å². The van der Waals surface area contributed by atoms with E-state index in [1.807, 2.05) is 48.5 Å². The van der Waals surface area contributed by atoms with Crippen molar-refractivity contribution in [2.24, 2.45) is 0 Å². The number of hydrogen-bond acceptors (Lipinski definition) is 3. The molecule has 4 nitrogen and oxygen atoms in total. The Morgan fingerprint density at radius 3 is 2.74 bits per heavy atom. The molecule has 0 atom stereocenters. The average Bonchev–Trinajstić information content (AvgIpc) is 2.90. The molecule has 3 aromatic rings. The molecule has 1 aromatic heterocycles. The fraction of sp³-hybridized carbons (Fsp3) is 0.105. The largest absolute Gasteiger partial charge is 0.475 e. The molecule has 0 radical (unpaired) electrons. The van der Waals surface area contributed by atoms with E-state index < -0.39 is 5.97 Å². The van der Waals surface area contributed by atoms with Gasteiger partial charge in [-0.2, -0.15) is 0 Å². The van der Waals surface area contributed by atoms with Gasteiger partial charge in [-0.3, -0.25) is 0 Å². The quantitative estimate of drug-likeness (QED) is 0.725. The van der Waals surface area contributed by atoms with Crippen LogP contribution in [0.1, 0.15) is 21.7 Å². The second-order valence-corrected chi connectivity index (χ2v) is 5.27. The smallest absolute Gasteiger partial charge is 0.372 e. The van der Waals surface area contributed by atoms with Gasteiger partial charge in [0.05, 0.1) is 0 Å². The van der Waals surface area contributed by atoms with E-state index in [1.54, 1.807) is 13.0 Å². The highest BCUT2D eigenvalue weighted by Gasteiger charge is 2.16. The van der Waals surface area contributed by atoms with Crippen molar-refractivity contribution in [1.82, 2.24) is 0 Å². The number of carboxylic acid groups (broad SMARTS) is 1. The number of carboxylic acids is 1. The zero-order chi connectivity index (χ0) is 16.2. The molecular formula is C19H17NO3. The van der Waals surface area contributed by atoms with Crippen molar-refractivity contribution >= 4 is 28.7 Å². The molecule has 2 aromatic carbocycles. The highest BCUT2D eigenvalue weighted by atomic mass is 16.4. The Kier molecular flexibility index (Phi) is 4.15. The highest BCUT2D eigenvalue weighted by Crippen LogP contribution is 2.27. The lowest BCUT2D eigenvalue weighted by atomic mass is 10.1. The molecule has 0 saturated carbocycles. The maximum atomic E-state index is 11.1. The average molecular weight is 307 g/mol. The van der Waals surface area contributed by atoms with E-state index in [2.05, 4.69) is 11.4 Å². The summed E-state index contributed by atoms with van der Waals surface area (Å²) in [5.41, 5.74) is 3.32. The number of nitrogens with one attached hydrogen (secondary N) is 1. The van der Waals surface area contributed by atoms with E-state index in [0.29, 0.717) is 17.7 Å². The van der Waals surface area contributed by atoms with Gasteiger partial charge in [0.15, 0.2) is 0 Å². The van der Waals surface area contributed by atoms with Crippen LogP contribution in [0.3, 0.4) is 0 Å². The molecule has 2 N–H and O–H groups in total. The second-order valence-electron chi connectivity index (χ2n) is 5.27. The van der Waals surface area contributed by atoms with Crippen molar-refractivity contribution in [2.45, 2.75) is 6.92 Å². The standard InChI is InChI=1S/C19H17NO3/c1-13-16-12-15(9-10-17(16)23-18(13)19(21)22)20-11-5-8-14-6-3-2-4-7-14/h2-10,12,20H,11H2,1H3,(H,21,22). The lowest BCUT2D eigenvalue weighted by molar-refractivity contribution is 0.0664. The molecule has 23 heavy (non-hydrogen) atoms. The van der Waals surface area contributed by atoms with E-state index in [1.165, 1.54) is 0 Å². The number of carbonyl (C=O) groups is 1. The molecule has 3 rings (SSSR count). The lowest BCUT2D eigenvalue weighted by Gasteiger charge is -2.03. The van der Waals surface area contributed by atoms with E-state index >= 15 is 0 Å². The molecule has 0 amide bonds. The third-order valence-electron chi connectivity index (χ3n) is 3.66. The van der Waals surface area contributed by atoms with Crippen LogP contribution in [0.4, 0.5) is 5.69 Å². The minimum atomic E-state index is -1.04. The fourth-order valence-electron chi connectivity index (χ4n) is 2.47. The second kappa shape index (κ2) is 6.40. The van der Waals surface area contributed by atoms with Crippen molar-refractivity contribution in [2.75, 3.05) is 11.9 Å². The molecule has 0 saturated heterocycles. The highest BCUT2D eigenvalue weighted by molar-refractivity contribution is 5.95. The number of benzene rings is 2. The third-order valence-corrected chi connectivity index (χ3v) is 3.66. The number of furan rings is 1. The van der Waals surface area contributed by atoms with Gasteiger partial charge in [-0.1, -0.05) is 42.5 Å². The summed E-state index contributed by atoms with van der Waals surface area (Å²) in [4.78, 5) is 11.1. The van der Waals surface area contributed by atoms with E-state index in [-0.39, 0.29) is 5.76 Å². The molecule has 0 aliphatic carbocycles. The first-order valence-corrected chi connectivity index (χ1v) is 7.37. The molecule has 0 aliphatic rings. The molecule has 116 valence electrons. The summed E-state index contributed by atoms with van der Waals surface area (Å²) in [7, 11) is 0. The summed E-state index contributed by atoms with van der Waals surface area (Å²) in [5.74, 6) is -1.04. The van der Waals surface area contributed by atoms with E-state index in [0.717, 1.165) is 16.6 Å². The molecule has 4 heteroatoms. The predicted octanol–water partition coefficient (Wildman–Crippen LogP) is 4.56. The lowest BCUT2D eigenvalue weighted by Crippen LogP contribution is -1.97. The summed E-state index contributed by atoms with van der Waals surface area (Å²) in [5, 5.41) is 13.2. The number of hydrogen-bond donors (Lipinski definition) is 2. The Morgan fingerprint density at radius 1 is 1.22 bits per heavy atom. The van der Waals surface area contributed by atoms with Crippen LogP contribution in [0.15, 0.2) is 59.0 Å². The van der Waals surface area contributed by atoms with Gasteiger partial charge in [-0.25, -0.2) is 4.79 Å². The first-order chi connectivity index (χ1) is 11.1. The van der Waals surface area contributed by atoms with Crippen LogP contribution < -0.4 is 5.32 Å². The number of fused-ring (bicyclic) bond motifs is 1. The molecule has 0 aliphatic heterocycles. The van der Waals surface area contributed by atoms with Crippen LogP contribution in [-0.2, 0) is 0 Å². The van der Waals surface area contributed by atoms with E-state index in [9.17, 15) is 4.79 Å². The Labute approximate surface area is 134 Å². The maximum absolute atomic E-state index is 11.1. The fourth-order valence-corrected chi connectivity index (χ4v) is 2.47. The molecule has 0 unspecified atom stereocenters. The zero-order valence-corrected chi connectivity index (χ0v) is 12.7. The topological polar surface area (TPSA) is 62.5 Å². The van der Waals surface area contributed by atoms with Gasteiger partial charge in [0.25, 0.3) is 0 Å². The Morgan fingerprint density at radius 2 is 2.00 bits per heavy atom. The van der Waals surface area contributed by atoms with Gasteiger partial charge in [0.1, 0.15) is 5.58 Å². The van der Waals surface area contributed by atoms with Crippen molar-refractivity contribution < 1.29 is 14.3 Å². The van der Waals surface area contributed by atoms with Crippen LogP contribution in [-0.4, -0.2) is 17.6 Å². The van der Waals surface area contributed by atoms with Gasteiger partial charge < -0.3 is 14.8 Å². The molecular weight excluding hydrogens is 290 g/mol. The first-order valence-electron chi connectivity index (χ1n) is 7.37. The van der Waals surface area contributed by atoms with Crippen molar-refractivity contribution in [1.29, 1.82) is 0 Å². The van der Waals surface area contributed by atoms with Crippen molar-refractivity contribution in [3.63, 3.8) is 0 Å². The molecule has 0 fully saturated rings. The number of anilines is 1. The Bertz CT molecular complexity index is 863. The van der Waals surface area contributed by atoms with Gasteiger partial charge in [-0.15, -0.1) is 0 Å². The first kappa shape index (κ1) is 14.9. The SMILES string of the molecule is Cc1c(C(=O)O)oc2ccc(NCC=Cc3ccccc3)cc12. The van der Waals surface area contributed by atoms with Gasteiger partial charge >= 0.3 is 5.97 Å². The van der Waals surface area contributed by atoms with Crippen LogP contribution in [0, 0.1) is 6.92 Å². The molecule has 1 heterocycles. The summed E-state index contributed by atoms with van der Waals surface area (Å²) >= 11 is 0. The maximum Gasteiger partial charge on any atom is 0.372 e. The van der Waals surface area contributed by atoms with Crippen molar-refractivity contribution in [3.8, 4) is 0 Å². The van der Waals surface area contributed by atoms with Gasteiger partial charge in [-0.05, 0) is 30.7 Å².